The maximum absolute atomic E-state index is 12.1. The lowest BCUT2D eigenvalue weighted by atomic mass is 10.0. The molecule has 0 spiro atoms. The van der Waals surface area contributed by atoms with E-state index in [1.165, 1.54) is 18.2 Å². The molecule has 0 aromatic heterocycles. The zero-order valence-electron chi connectivity index (χ0n) is 10.8. The third-order valence-electron chi connectivity index (χ3n) is 2.72. The molecule has 0 aliphatic carbocycles. The molecule has 0 bridgehead atoms. The highest BCUT2D eigenvalue weighted by molar-refractivity contribution is 6.11. The van der Waals surface area contributed by atoms with Gasteiger partial charge in [0, 0.05) is 0 Å². The van der Waals surface area contributed by atoms with Crippen molar-refractivity contribution in [2.45, 2.75) is 0 Å². The van der Waals surface area contributed by atoms with E-state index in [4.69, 9.17) is 10.5 Å². The average molecular weight is 285 g/mol. The number of carboxylic acid groups (broad SMARTS) is 1. The first-order valence-corrected chi connectivity index (χ1v) is 5.94. The van der Waals surface area contributed by atoms with Crippen molar-refractivity contribution < 1.29 is 24.2 Å². The monoisotopic (exact) mass is 285 g/mol. The molecule has 0 aliphatic rings. The number of benzene rings is 2. The molecule has 0 heterocycles. The summed E-state index contributed by atoms with van der Waals surface area (Å²) in [5.41, 5.74) is 4.17. The molecule has 0 aliphatic heterocycles. The number of ether oxygens (including phenoxy) is 1. The number of primary amides is 1. The maximum atomic E-state index is 12.1. The maximum Gasteiger partial charge on any atom is 0.344 e. The minimum absolute atomic E-state index is 0.234. The summed E-state index contributed by atoms with van der Waals surface area (Å²) in [6.07, 6.45) is 0. The highest BCUT2D eigenvalue weighted by Gasteiger charge is 2.24. The Hall–Kier alpha value is -3.15. The molecular weight excluding hydrogens is 274 g/mol. The zero-order chi connectivity index (χ0) is 15.4. The molecule has 1 amide bonds. The zero-order valence-corrected chi connectivity index (χ0v) is 10.8. The molecule has 0 saturated heterocycles. The number of hydrogen-bond donors (Lipinski definition) is 2. The van der Waals surface area contributed by atoms with E-state index < -0.39 is 23.4 Å². The van der Waals surface area contributed by atoms with Crippen molar-refractivity contribution >= 4 is 17.8 Å². The Labute approximate surface area is 119 Å². The summed E-state index contributed by atoms with van der Waals surface area (Å²) in [7, 11) is 0. The molecule has 0 radical (unpaired) electrons. The lowest BCUT2D eigenvalue weighted by molar-refractivity contribution is 0.0665. The number of esters is 1. The summed E-state index contributed by atoms with van der Waals surface area (Å²) in [6, 6.07) is 12.1. The van der Waals surface area contributed by atoms with Crippen LogP contribution in [0.15, 0.2) is 48.5 Å². The number of amides is 1. The van der Waals surface area contributed by atoms with Gasteiger partial charge in [0.05, 0.1) is 16.7 Å². The van der Waals surface area contributed by atoms with E-state index >= 15 is 0 Å². The summed E-state index contributed by atoms with van der Waals surface area (Å²) >= 11 is 0. The predicted octanol–water partition coefficient (Wildman–Crippen LogP) is 1.70. The van der Waals surface area contributed by atoms with Crippen molar-refractivity contribution in [2.75, 3.05) is 0 Å². The molecule has 6 nitrogen and oxygen atoms in total. The Kier molecular flexibility index (Phi) is 3.99. The molecule has 106 valence electrons. The molecule has 0 saturated carbocycles. The van der Waals surface area contributed by atoms with Crippen LogP contribution in [0.25, 0.3) is 0 Å². The number of nitrogens with two attached hydrogens (primary N) is 1. The number of carboxylic acids is 1. The molecule has 21 heavy (non-hydrogen) atoms. The molecule has 6 heteroatoms. The first-order valence-electron chi connectivity index (χ1n) is 5.94. The topological polar surface area (TPSA) is 107 Å². The van der Waals surface area contributed by atoms with Gasteiger partial charge in [-0.15, -0.1) is 0 Å². The smallest absolute Gasteiger partial charge is 0.344 e. The standard InChI is InChI=1S/C15H11NO5/c16-13(17)10-7-4-8-11(12(10)14(18)19)15(20)21-9-5-2-1-3-6-9/h1-8H,(H2,16,17)(H,18,19). The molecular formula is C15H11NO5. The lowest BCUT2D eigenvalue weighted by Crippen LogP contribution is -2.21. The van der Waals surface area contributed by atoms with Crippen LogP contribution in [0.1, 0.15) is 31.1 Å². The second kappa shape index (κ2) is 5.87. The molecule has 3 N–H and O–H groups in total. The van der Waals surface area contributed by atoms with Gasteiger partial charge in [0.15, 0.2) is 0 Å². The van der Waals surface area contributed by atoms with Gasteiger partial charge in [-0.25, -0.2) is 9.59 Å². The van der Waals surface area contributed by atoms with Crippen molar-refractivity contribution in [3.8, 4) is 5.75 Å². The second-order valence-corrected chi connectivity index (χ2v) is 4.10. The average Bonchev–Trinajstić information content (AvgIpc) is 2.47. The van der Waals surface area contributed by atoms with Crippen LogP contribution >= 0.6 is 0 Å². The number of carbonyl (C=O) groups excluding carboxylic acids is 2. The summed E-state index contributed by atoms with van der Waals surface area (Å²) in [4.78, 5) is 34.6. The van der Waals surface area contributed by atoms with Gasteiger partial charge >= 0.3 is 11.9 Å². The van der Waals surface area contributed by atoms with Crippen LogP contribution in [0, 0.1) is 0 Å². The van der Waals surface area contributed by atoms with Crippen LogP contribution in [0.5, 0.6) is 5.75 Å². The third-order valence-corrected chi connectivity index (χ3v) is 2.72. The molecule has 0 fully saturated rings. The second-order valence-electron chi connectivity index (χ2n) is 4.10. The van der Waals surface area contributed by atoms with Crippen molar-refractivity contribution in [2.24, 2.45) is 5.73 Å². The van der Waals surface area contributed by atoms with Gasteiger partial charge in [0.25, 0.3) is 0 Å². The number of para-hydroxylation sites is 1. The van der Waals surface area contributed by atoms with E-state index in [0.29, 0.717) is 0 Å². The Morgan fingerprint density at radius 3 is 2.10 bits per heavy atom. The third kappa shape index (κ3) is 3.06. The van der Waals surface area contributed by atoms with E-state index in [1.807, 2.05) is 0 Å². The fourth-order valence-electron chi connectivity index (χ4n) is 1.81. The number of aromatic carboxylic acids is 1. The van der Waals surface area contributed by atoms with Gasteiger partial charge in [0.1, 0.15) is 5.75 Å². The quantitative estimate of drug-likeness (QED) is 0.656. The normalized spacial score (nSPS) is 9.90. The Bertz CT molecular complexity index is 709. The highest BCUT2D eigenvalue weighted by atomic mass is 16.5. The highest BCUT2D eigenvalue weighted by Crippen LogP contribution is 2.18. The van der Waals surface area contributed by atoms with Crippen molar-refractivity contribution in [3.05, 3.63) is 65.2 Å². The fourth-order valence-corrected chi connectivity index (χ4v) is 1.81. The summed E-state index contributed by atoms with van der Waals surface area (Å²) in [5.74, 6) is -2.96. The largest absolute Gasteiger partial charge is 0.478 e. The molecule has 0 unspecified atom stereocenters. The predicted molar refractivity (Wildman–Crippen MR) is 73.3 cm³/mol. The van der Waals surface area contributed by atoms with Gasteiger partial charge in [-0.3, -0.25) is 4.79 Å². The van der Waals surface area contributed by atoms with Crippen LogP contribution in [0.3, 0.4) is 0 Å². The molecule has 2 aromatic carbocycles. The van der Waals surface area contributed by atoms with Crippen LogP contribution in [0.2, 0.25) is 0 Å². The first-order chi connectivity index (χ1) is 10.0. The van der Waals surface area contributed by atoms with Gasteiger partial charge in [-0.05, 0) is 24.3 Å². The van der Waals surface area contributed by atoms with Gasteiger partial charge < -0.3 is 15.6 Å². The Morgan fingerprint density at radius 1 is 0.905 bits per heavy atom. The van der Waals surface area contributed by atoms with Crippen LogP contribution < -0.4 is 10.5 Å². The summed E-state index contributed by atoms with van der Waals surface area (Å²) in [6.45, 7) is 0. The SMILES string of the molecule is NC(=O)c1cccc(C(=O)Oc2ccccc2)c1C(=O)O. The number of carbonyl (C=O) groups is 3. The molecule has 2 aromatic rings. The van der Waals surface area contributed by atoms with Gasteiger partial charge in [-0.2, -0.15) is 0 Å². The van der Waals surface area contributed by atoms with E-state index in [0.717, 1.165) is 0 Å². The fraction of sp³-hybridized carbons (Fsp3) is 0. The molecule has 0 atom stereocenters. The number of rotatable bonds is 4. The van der Waals surface area contributed by atoms with E-state index in [9.17, 15) is 19.5 Å². The first kappa shape index (κ1) is 14.3. The minimum Gasteiger partial charge on any atom is -0.478 e. The van der Waals surface area contributed by atoms with Crippen molar-refractivity contribution in [1.29, 1.82) is 0 Å². The Morgan fingerprint density at radius 2 is 1.52 bits per heavy atom. The molecule has 2 rings (SSSR count). The summed E-state index contributed by atoms with van der Waals surface area (Å²) < 4.78 is 5.07. The van der Waals surface area contributed by atoms with E-state index in [1.54, 1.807) is 30.3 Å². The van der Waals surface area contributed by atoms with Gasteiger partial charge in [-0.1, -0.05) is 24.3 Å². The minimum atomic E-state index is -1.43. The lowest BCUT2D eigenvalue weighted by Gasteiger charge is -2.09. The van der Waals surface area contributed by atoms with Gasteiger partial charge in [0.2, 0.25) is 5.91 Å². The van der Waals surface area contributed by atoms with E-state index in [-0.39, 0.29) is 16.9 Å². The van der Waals surface area contributed by atoms with Crippen molar-refractivity contribution in [1.82, 2.24) is 0 Å². The van der Waals surface area contributed by atoms with Crippen LogP contribution in [-0.4, -0.2) is 23.0 Å². The van der Waals surface area contributed by atoms with Crippen LogP contribution in [0.4, 0.5) is 0 Å². The number of hydrogen-bond acceptors (Lipinski definition) is 4. The van der Waals surface area contributed by atoms with E-state index in [2.05, 4.69) is 0 Å². The van der Waals surface area contributed by atoms with Crippen molar-refractivity contribution in [3.63, 3.8) is 0 Å². The van der Waals surface area contributed by atoms with Crippen LogP contribution in [-0.2, 0) is 0 Å². The summed E-state index contributed by atoms with van der Waals surface area (Å²) in [5, 5.41) is 9.19. The Balaban J connectivity index is 2.44.